The van der Waals surface area contributed by atoms with E-state index in [-0.39, 0.29) is 5.91 Å². The molecule has 0 bridgehead atoms. The molecular weight excluding hydrogens is 324 g/mol. The zero-order valence-electron chi connectivity index (χ0n) is 15.0. The molecule has 0 heterocycles. The summed E-state index contributed by atoms with van der Waals surface area (Å²) in [4.78, 5) is 12.3. The average Bonchev–Trinajstić information content (AvgIpc) is 2.67. The van der Waals surface area contributed by atoms with Crippen LogP contribution in [0.2, 0.25) is 0 Å². The number of carbonyl (C=O) groups is 1. The molecule has 3 aromatic carbocycles. The van der Waals surface area contributed by atoms with Crippen LogP contribution in [0.5, 0.6) is 5.75 Å². The number of nitrogens with zero attached hydrogens (tertiary/aromatic N) is 1. The van der Waals surface area contributed by atoms with Gasteiger partial charge in [-0.2, -0.15) is 5.10 Å². The Labute approximate surface area is 153 Å². The monoisotopic (exact) mass is 346 g/mol. The van der Waals surface area contributed by atoms with Gasteiger partial charge in [-0.3, -0.25) is 4.79 Å². The summed E-state index contributed by atoms with van der Waals surface area (Å²) >= 11 is 0. The molecule has 3 aromatic rings. The van der Waals surface area contributed by atoms with Crippen LogP contribution in [0.4, 0.5) is 0 Å². The molecule has 0 saturated carbocycles. The van der Waals surface area contributed by atoms with Gasteiger partial charge in [-0.15, -0.1) is 0 Å². The van der Waals surface area contributed by atoms with Crippen LogP contribution in [0.25, 0.3) is 10.8 Å². The SMILES string of the molecule is CCOc1ccc(/C(C)=N/NC(=O)Cc2cccc3ccccc23)cc1. The summed E-state index contributed by atoms with van der Waals surface area (Å²) in [5.74, 6) is 0.690. The van der Waals surface area contributed by atoms with E-state index in [1.165, 1.54) is 0 Å². The van der Waals surface area contributed by atoms with Gasteiger partial charge in [-0.05, 0) is 60.0 Å². The molecule has 0 radical (unpaired) electrons. The van der Waals surface area contributed by atoms with Crippen LogP contribution in [0.1, 0.15) is 25.0 Å². The smallest absolute Gasteiger partial charge is 0.244 e. The second-order valence-corrected chi connectivity index (χ2v) is 6.00. The molecule has 0 atom stereocenters. The Morgan fingerprint density at radius 3 is 2.50 bits per heavy atom. The highest BCUT2D eigenvalue weighted by Crippen LogP contribution is 2.19. The lowest BCUT2D eigenvalue weighted by molar-refractivity contribution is -0.120. The van der Waals surface area contributed by atoms with Gasteiger partial charge in [0.1, 0.15) is 5.75 Å². The second-order valence-electron chi connectivity index (χ2n) is 6.00. The van der Waals surface area contributed by atoms with Crippen LogP contribution in [0, 0.1) is 0 Å². The third kappa shape index (κ3) is 4.28. The number of rotatable bonds is 6. The van der Waals surface area contributed by atoms with Crippen molar-refractivity contribution in [1.82, 2.24) is 5.43 Å². The van der Waals surface area contributed by atoms with Gasteiger partial charge in [0.05, 0.1) is 18.7 Å². The predicted octanol–water partition coefficient (Wildman–Crippen LogP) is 4.32. The number of ether oxygens (including phenoxy) is 1. The van der Waals surface area contributed by atoms with E-state index in [1.54, 1.807) is 0 Å². The lowest BCUT2D eigenvalue weighted by Gasteiger charge is -2.07. The summed E-state index contributed by atoms with van der Waals surface area (Å²) in [6.45, 7) is 4.45. The first kappa shape index (κ1) is 17.7. The minimum Gasteiger partial charge on any atom is -0.494 e. The number of nitrogens with one attached hydrogen (secondary N) is 1. The maximum absolute atomic E-state index is 12.3. The van der Waals surface area contributed by atoms with E-state index in [9.17, 15) is 4.79 Å². The van der Waals surface area contributed by atoms with Crippen molar-refractivity contribution in [2.24, 2.45) is 5.10 Å². The normalized spacial score (nSPS) is 11.4. The molecule has 0 fully saturated rings. The fourth-order valence-corrected chi connectivity index (χ4v) is 2.83. The van der Waals surface area contributed by atoms with Gasteiger partial charge in [0.25, 0.3) is 0 Å². The lowest BCUT2D eigenvalue weighted by atomic mass is 10.0. The molecular formula is C22H22N2O2. The summed E-state index contributed by atoms with van der Waals surface area (Å²) in [7, 11) is 0. The van der Waals surface area contributed by atoms with E-state index in [1.807, 2.05) is 80.6 Å². The van der Waals surface area contributed by atoms with E-state index < -0.39 is 0 Å². The van der Waals surface area contributed by atoms with Crippen molar-refractivity contribution >= 4 is 22.4 Å². The number of hydrazone groups is 1. The molecule has 4 nitrogen and oxygen atoms in total. The third-order valence-electron chi connectivity index (χ3n) is 4.16. The maximum atomic E-state index is 12.3. The van der Waals surface area contributed by atoms with Crippen LogP contribution in [0.3, 0.4) is 0 Å². The zero-order valence-corrected chi connectivity index (χ0v) is 15.0. The van der Waals surface area contributed by atoms with Gasteiger partial charge >= 0.3 is 0 Å². The van der Waals surface area contributed by atoms with E-state index in [0.717, 1.165) is 33.4 Å². The molecule has 26 heavy (non-hydrogen) atoms. The molecule has 0 saturated heterocycles. The average molecular weight is 346 g/mol. The number of carbonyl (C=O) groups excluding carboxylic acids is 1. The van der Waals surface area contributed by atoms with Crippen molar-refractivity contribution in [3.63, 3.8) is 0 Å². The lowest BCUT2D eigenvalue weighted by Crippen LogP contribution is -2.21. The first-order valence-electron chi connectivity index (χ1n) is 8.70. The highest BCUT2D eigenvalue weighted by molar-refractivity contribution is 5.99. The quantitative estimate of drug-likeness (QED) is 0.534. The molecule has 0 aliphatic heterocycles. The van der Waals surface area contributed by atoms with E-state index in [2.05, 4.69) is 10.5 Å². The fourth-order valence-electron chi connectivity index (χ4n) is 2.83. The van der Waals surface area contributed by atoms with Crippen molar-refractivity contribution < 1.29 is 9.53 Å². The molecule has 1 amide bonds. The Bertz CT molecular complexity index is 925. The van der Waals surface area contributed by atoms with Gasteiger partial charge in [-0.25, -0.2) is 5.43 Å². The minimum atomic E-state index is -0.133. The van der Waals surface area contributed by atoms with Crippen LogP contribution in [-0.2, 0) is 11.2 Å². The van der Waals surface area contributed by atoms with Crippen molar-refractivity contribution in [2.75, 3.05) is 6.61 Å². The summed E-state index contributed by atoms with van der Waals surface area (Å²) in [5.41, 5.74) is 5.34. The number of hydrogen-bond donors (Lipinski definition) is 1. The summed E-state index contributed by atoms with van der Waals surface area (Å²) in [5, 5.41) is 6.45. The van der Waals surface area contributed by atoms with Crippen LogP contribution >= 0.6 is 0 Å². The summed E-state index contributed by atoms with van der Waals surface area (Å²) in [6, 6.07) is 21.7. The molecule has 1 N–H and O–H groups in total. The largest absolute Gasteiger partial charge is 0.494 e. The third-order valence-corrected chi connectivity index (χ3v) is 4.16. The highest BCUT2D eigenvalue weighted by Gasteiger charge is 2.07. The first-order chi connectivity index (χ1) is 12.7. The Morgan fingerprint density at radius 2 is 1.73 bits per heavy atom. The number of hydrogen-bond acceptors (Lipinski definition) is 3. The standard InChI is InChI=1S/C22H22N2O2/c1-3-26-20-13-11-17(12-14-20)16(2)23-24-22(25)15-19-9-6-8-18-7-4-5-10-21(18)19/h4-14H,3,15H2,1-2H3,(H,24,25)/b23-16+. The van der Waals surface area contributed by atoms with Gasteiger partial charge in [0.2, 0.25) is 5.91 Å². The molecule has 0 aliphatic carbocycles. The highest BCUT2D eigenvalue weighted by atomic mass is 16.5. The topological polar surface area (TPSA) is 50.7 Å². The van der Waals surface area contributed by atoms with Gasteiger partial charge in [0.15, 0.2) is 0 Å². The van der Waals surface area contributed by atoms with E-state index in [4.69, 9.17) is 4.74 Å². The Balaban J connectivity index is 1.66. The molecule has 0 aliphatic rings. The molecule has 0 aromatic heterocycles. The molecule has 132 valence electrons. The van der Waals surface area contributed by atoms with Crippen LogP contribution in [0.15, 0.2) is 71.8 Å². The van der Waals surface area contributed by atoms with Gasteiger partial charge in [0, 0.05) is 0 Å². The Morgan fingerprint density at radius 1 is 1.00 bits per heavy atom. The summed E-state index contributed by atoms with van der Waals surface area (Å²) in [6.07, 6.45) is 0.293. The molecule has 3 rings (SSSR count). The van der Waals surface area contributed by atoms with Crippen molar-refractivity contribution in [3.8, 4) is 5.75 Å². The Kier molecular flexibility index (Phi) is 5.64. The second kappa shape index (κ2) is 8.30. The molecule has 4 heteroatoms. The zero-order chi connectivity index (χ0) is 18.4. The van der Waals surface area contributed by atoms with Gasteiger partial charge in [-0.1, -0.05) is 42.5 Å². The number of amides is 1. The van der Waals surface area contributed by atoms with E-state index >= 15 is 0 Å². The predicted molar refractivity (Wildman–Crippen MR) is 106 cm³/mol. The molecule has 0 unspecified atom stereocenters. The molecule has 0 spiro atoms. The van der Waals surface area contributed by atoms with Gasteiger partial charge < -0.3 is 4.74 Å². The van der Waals surface area contributed by atoms with Crippen LogP contribution < -0.4 is 10.2 Å². The number of benzene rings is 3. The number of fused-ring (bicyclic) bond motifs is 1. The van der Waals surface area contributed by atoms with Crippen LogP contribution in [-0.4, -0.2) is 18.2 Å². The summed E-state index contributed by atoms with van der Waals surface area (Å²) < 4.78 is 5.43. The first-order valence-corrected chi connectivity index (χ1v) is 8.70. The van der Waals surface area contributed by atoms with Crippen molar-refractivity contribution in [2.45, 2.75) is 20.3 Å². The Hall–Kier alpha value is -3.14. The maximum Gasteiger partial charge on any atom is 0.244 e. The van der Waals surface area contributed by atoms with Crippen molar-refractivity contribution in [3.05, 3.63) is 77.9 Å². The fraction of sp³-hybridized carbons (Fsp3) is 0.182. The minimum absolute atomic E-state index is 0.133. The van der Waals surface area contributed by atoms with Crippen molar-refractivity contribution in [1.29, 1.82) is 0 Å². The van der Waals surface area contributed by atoms with E-state index in [0.29, 0.717) is 13.0 Å².